The minimum Gasteiger partial charge on any atom is -0.462 e. The van der Waals surface area contributed by atoms with Crippen molar-refractivity contribution < 1.29 is 23.2 Å². The number of methoxy groups -OCH3 is 1. The molecule has 0 N–H and O–H groups in total. The molecule has 0 amide bonds. The molecule has 0 bridgehead atoms. The molecule has 86 valence electrons. The number of carbonyl (C=O) groups excluding carboxylic acids is 1. The summed E-state index contributed by atoms with van der Waals surface area (Å²) in [5.74, 6) is -1.37. The molecular formula is C8H6F2N2O4. The van der Waals surface area contributed by atoms with Gasteiger partial charge >= 0.3 is 11.7 Å². The minimum absolute atomic E-state index is 0.238. The SMILES string of the molecule is COc1nc([N+](=O)[O-])c(C(F)F)cc1C=O. The smallest absolute Gasteiger partial charge is 0.376 e. The van der Waals surface area contributed by atoms with E-state index in [0.717, 1.165) is 7.11 Å². The number of nitro groups is 1. The molecule has 0 aromatic carbocycles. The van der Waals surface area contributed by atoms with Gasteiger partial charge in [-0.3, -0.25) is 4.79 Å². The van der Waals surface area contributed by atoms with Gasteiger partial charge in [0.05, 0.1) is 7.11 Å². The van der Waals surface area contributed by atoms with Crippen LogP contribution in [0.3, 0.4) is 0 Å². The quantitative estimate of drug-likeness (QED) is 0.448. The van der Waals surface area contributed by atoms with E-state index >= 15 is 0 Å². The Morgan fingerprint density at radius 2 is 2.25 bits per heavy atom. The van der Waals surface area contributed by atoms with E-state index in [2.05, 4.69) is 9.72 Å². The standard InChI is InChI=1S/C8H6F2N2O4/c1-16-8-4(3-13)2-5(6(9)10)7(11-8)12(14)15/h2-3,6H,1H3. The second-order valence-electron chi connectivity index (χ2n) is 2.68. The number of hydrogen-bond acceptors (Lipinski definition) is 5. The monoisotopic (exact) mass is 232 g/mol. The van der Waals surface area contributed by atoms with Gasteiger partial charge in [-0.1, -0.05) is 0 Å². The Kier molecular flexibility index (Phi) is 3.44. The molecule has 0 spiro atoms. The van der Waals surface area contributed by atoms with Crippen molar-refractivity contribution in [3.8, 4) is 5.88 Å². The van der Waals surface area contributed by atoms with Crippen molar-refractivity contribution in [3.05, 3.63) is 27.3 Å². The van der Waals surface area contributed by atoms with Gasteiger partial charge in [-0.25, -0.2) is 8.78 Å². The van der Waals surface area contributed by atoms with Crippen molar-refractivity contribution in [2.24, 2.45) is 0 Å². The van der Waals surface area contributed by atoms with E-state index in [1.54, 1.807) is 0 Å². The van der Waals surface area contributed by atoms with Gasteiger partial charge in [0.2, 0.25) is 0 Å². The Balaban J connectivity index is 3.47. The molecule has 16 heavy (non-hydrogen) atoms. The third-order valence-electron chi connectivity index (χ3n) is 1.75. The second kappa shape index (κ2) is 4.60. The number of pyridine rings is 1. The molecule has 0 fully saturated rings. The molecule has 0 radical (unpaired) electrons. The van der Waals surface area contributed by atoms with Crippen molar-refractivity contribution in [3.63, 3.8) is 0 Å². The number of rotatable bonds is 4. The average molecular weight is 232 g/mol. The molecule has 1 aromatic heterocycles. The van der Waals surface area contributed by atoms with E-state index in [0.29, 0.717) is 6.07 Å². The van der Waals surface area contributed by atoms with Crippen LogP contribution in [0.5, 0.6) is 5.88 Å². The van der Waals surface area contributed by atoms with Crippen LogP contribution in [0.25, 0.3) is 0 Å². The van der Waals surface area contributed by atoms with Crippen LogP contribution in [0, 0.1) is 10.1 Å². The van der Waals surface area contributed by atoms with Gasteiger partial charge in [0.25, 0.3) is 6.43 Å². The number of hydrogen-bond donors (Lipinski definition) is 0. The highest BCUT2D eigenvalue weighted by Crippen LogP contribution is 2.30. The maximum Gasteiger partial charge on any atom is 0.376 e. The molecule has 0 saturated heterocycles. The molecule has 1 heterocycles. The van der Waals surface area contributed by atoms with E-state index in [4.69, 9.17) is 0 Å². The number of ether oxygens (including phenoxy) is 1. The summed E-state index contributed by atoms with van der Waals surface area (Å²) >= 11 is 0. The van der Waals surface area contributed by atoms with Gasteiger partial charge in [0.1, 0.15) is 11.1 Å². The first-order chi connectivity index (χ1) is 7.51. The summed E-state index contributed by atoms with van der Waals surface area (Å²) in [4.78, 5) is 23.2. The van der Waals surface area contributed by atoms with Gasteiger partial charge in [-0.2, -0.15) is 0 Å². The van der Waals surface area contributed by atoms with Crippen LogP contribution in [0.4, 0.5) is 14.6 Å². The third-order valence-corrected chi connectivity index (χ3v) is 1.75. The largest absolute Gasteiger partial charge is 0.462 e. The van der Waals surface area contributed by atoms with E-state index in [-0.39, 0.29) is 17.7 Å². The van der Waals surface area contributed by atoms with Gasteiger partial charge in [0, 0.05) is 4.98 Å². The van der Waals surface area contributed by atoms with Crippen LogP contribution in [0.1, 0.15) is 22.3 Å². The molecule has 0 saturated carbocycles. The maximum atomic E-state index is 12.4. The summed E-state index contributed by atoms with van der Waals surface area (Å²) in [6.07, 6.45) is -2.85. The molecule has 0 aliphatic rings. The lowest BCUT2D eigenvalue weighted by Gasteiger charge is -2.04. The zero-order valence-electron chi connectivity index (χ0n) is 8.02. The summed E-state index contributed by atoms with van der Waals surface area (Å²) in [6.45, 7) is 0. The van der Waals surface area contributed by atoms with Gasteiger partial charge in [0.15, 0.2) is 6.29 Å². The second-order valence-corrected chi connectivity index (χ2v) is 2.68. The highest BCUT2D eigenvalue weighted by molar-refractivity contribution is 5.79. The summed E-state index contributed by atoms with van der Waals surface area (Å²) in [5.41, 5.74) is -1.17. The van der Waals surface area contributed by atoms with Crippen molar-refractivity contribution in [2.45, 2.75) is 6.43 Å². The van der Waals surface area contributed by atoms with Crippen molar-refractivity contribution in [1.29, 1.82) is 0 Å². The molecular weight excluding hydrogens is 226 g/mol. The fraction of sp³-hybridized carbons (Fsp3) is 0.250. The van der Waals surface area contributed by atoms with Crippen LogP contribution >= 0.6 is 0 Å². The summed E-state index contributed by atoms with van der Waals surface area (Å²) in [5, 5.41) is 10.5. The Labute approximate surface area is 88.0 Å². The first-order valence-electron chi connectivity index (χ1n) is 3.98. The Morgan fingerprint density at radius 3 is 2.62 bits per heavy atom. The topological polar surface area (TPSA) is 82.3 Å². The normalized spacial score (nSPS) is 10.2. The fourth-order valence-electron chi connectivity index (χ4n) is 1.07. The van der Waals surface area contributed by atoms with Crippen LogP contribution in [-0.2, 0) is 0 Å². The first kappa shape index (κ1) is 12.0. The zero-order chi connectivity index (χ0) is 12.3. The van der Waals surface area contributed by atoms with Crippen LogP contribution in [0.15, 0.2) is 6.07 Å². The number of alkyl halides is 2. The molecule has 0 unspecified atom stereocenters. The highest BCUT2D eigenvalue weighted by atomic mass is 19.3. The molecule has 1 rings (SSSR count). The van der Waals surface area contributed by atoms with Gasteiger partial charge < -0.3 is 14.9 Å². The lowest BCUT2D eigenvalue weighted by Crippen LogP contribution is -2.04. The molecule has 8 heteroatoms. The summed E-state index contributed by atoms with van der Waals surface area (Å²) in [7, 11) is 1.13. The lowest BCUT2D eigenvalue weighted by atomic mass is 10.2. The Bertz CT molecular complexity index is 436. The van der Waals surface area contributed by atoms with Gasteiger partial charge in [-0.05, 0) is 11.0 Å². The Morgan fingerprint density at radius 1 is 1.62 bits per heavy atom. The third kappa shape index (κ3) is 2.10. The number of carbonyl (C=O) groups is 1. The molecule has 0 atom stereocenters. The predicted octanol–water partition coefficient (Wildman–Crippen LogP) is 1.75. The van der Waals surface area contributed by atoms with Crippen LogP contribution < -0.4 is 4.74 Å². The summed E-state index contributed by atoms with van der Waals surface area (Å²) < 4.78 is 29.4. The zero-order valence-corrected chi connectivity index (χ0v) is 8.02. The Hall–Kier alpha value is -2.12. The van der Waals surface area contributed by atoms with Crippen LogP contribution in [-0.4, -0.2) is 23.3 Å². The van der Waals surface area contributed by atoms with E-state index in [1.807, 2.05) is 0 Å². The fourth-order valence-corrected chi connectivity index (χ4v) is 1.07. The number of halogens is 2. The highest BCUT2D eigenvalue weighted by Gasteiger charge is 2.27. The van der Waals surface area contributed by atoms with E-state index in [1.165, 1.54) is 0 Å². The molecule has 6 nitrogen and oxygen atoms in total. The minimum atomic E-state index is -3.09. The lowest BCUT2D eigenvalue weighted by molar-refractivity contribution is -0.391. The summed E-state index contributed by atoms with van der Waals surface area (Å²) in [6, 6.07) is 0.696. The van der Waals surface area contributed by atoms with Crippen LogP contribution in [0.2, 0.25) is 0 Å². The molecule has 0 aliphatic carbocycles. The number of aldehydes is 1. The van der Waals surface area contributed by atoms with Crippen molar-refractivity contribution in [1.82, 2.24) is 4.98 Å². The molecule has 0 aliphatic heterocycles. The predicted molar refractivity (Wildman–Crippen MR) is 47.8 cm³/mol. The van der Waals surface area contributed by atoms with E-state index < -0.39 is 22.7 Å². The van der Waals surface area contributed by atoms with E-state index in [9.17, 15) is 23.7 Å². The maximum absolute atomic E-state index is 12.4. The first-order valence-corrected chi connectivity index (χ1v) is 3.98. The number of aromatic nitrogens is 1. The average Bonchev–Trinajstić information content (AvgIpc) is 2.26. The number of nitrogens with zero attached hydrogens (tertiary/aromatic N) is 2. The molecule has 1 aromatic rings. The van der Waals surface area contributed by atoms with Gasteiger partial charge in [-0.15, -0.1) is 0 Å². The van der Waals surface area contributed by atoms with Crippen molar-refractivity contribution in [2.75, 3.05) is 7.11 Å². The van der Waals surface area contributed by atoms with Crippen molar-refractivity contribution >= 4 is 12.1 Å².